The maximum Gasteiger partial charge on any atom is 0.236 e. The standard InChI is InChI=1S/C21H24ClN3O/c1-13-6-5-7-16(22)18(13)21(11-23-12-21)24-14-8-9-15-17(10-14)25(4)19(26)20(15,2)3/h5-10,23-24H,11-12H2,1-4H3. The van der Waals surface area contributed by atoms with Crippen LogP contribution in [-0.4, -0.2) is 26.0 Å². The third kappa shape index (κ3) is 2.36. The van der Waals surface area contributed by atoms with Crippen molar-refractivity contribution >= 4 is 28.9 Å². The lowest BCUT2D eigenvalue weighted by atomic mass is 9.81. The minimum absolute atomic E-state index is 0.131. The van der Waals surface area contributed by atoms with E-state index in [1.807, 2.05) is 33.0 Å². The van der Waals surface area contributed by atoms with E-state index in [9.17, 15) is 4.79 Å². The zero-order valence-electron chi connectivity index (χ0n) is 15.6. The summed E-state index contributed by atoms with van der Waals surface area (Å²) >= 11 is 6.55. The van der Waals surface area contributed by atoms with Crippen LogP contribution >= 0.6 is 11.6 Å². The molecule has 26 heavy (non-hydrogen) atoms. The highest BCUT2D eigenvalue weighted by molar-refractivity contribution is 6.31. The molecule has 4 rings (SSSR count). The number of likely N-dealkylation sites (N-methyl/N-ethyl adjacent to an activating group) is 1. The largest absolute Gasteiger partial charge is 0.373 e. The van der Waals surface area contributed by atoms with Crippen molar-refractivity contribution in [1.82, 2.24) is 5.32 Å². The van der Waals surface area contributed by atoms with Gasteiger partial charge in [-0.05, 0) is 50.1 Å². The fourth-order valence-electron chi connectivity index (χ4n) is 4.28. The molecule has 2 aromatic carbocycles. The minimum atomic E-state index is -0.475. The van der Waals surface area contributed by atoms with E-state index >= 15 is 0 Å². The zero-order chi connectivity index (χ0) is 18.7. The molecule has 2 aromatic rings. The topological polar surface area (TPSA) is 44.4 Å². The lowest BCUT2D eigenvalue weighted by Gasteiger charge is -2.45. The number of anilines is 2. The van der Waals surface area contributed by atoms with Crippen LogP contribution in [-0.2, 0) is 15.7 Å². The first-order chi connectivity index (χ1) is 12.3. The Kier molecular flexibility index (Phi) is 3.83. The van der Waals surface area contributed by atoms with Crippen LogP contribution in [0.5, 0.6) is 0 Å². The first-order valence-electron chi connectivity index (χ1n) is 8.93. The van der Waals surface area contributed by atoms with Gasteiger partial charge >= 0.3 is 0 Å². The van der Waals surface area contributed by atoms with Crippen molar-refractivity contribution in [3.63, 3.8) is 0 Å². The highest BCUT2D eigenvalue weighted by Gasteiger charge is 2.44. The van der Waals surface area contributed by atoms with Gasteiger partial charge in [-0.3, -0.25) is 4.79 Å². The minimum Gasteiger partial charge on any atom is -0.373 e. The Morgan fingerprint density at radius 1 is 1.19 bits per heavy atom. The summed E-state index contributed by atoms with van der Waals surface area (Å²) in [6, 6.07) is 12.2. The van der Waals surface area contributed by atoms with Gasteiger partial charge in [0.25, 0.3) is 0 Å². The average Bonchev–Trinajstić information content (AvgIpc) is 2.73. The zero-order valence-corrected chi connectivity index (χ0v) is 16.4. The summed E-state index contributed by atoms with van der Waals surface area (Å²) in [6.45, 7) is 7.69. The van der Waals surface area contributed by atoms with Crippen LogP contribution in [0.15, 0.2) is 36.4 Å². The Bertz CT molecular complexity index is 882. The van der Waals surface area contributed by atoms with Crippen molar-refractivity contribution in [3.8, 4) is 0 Å². The molecule has 1 fully saturated rings. The average molecular weight is 370 g/mol. The smallest absolute Gasteiger partial charge is 0.236 e. The van der Waals surface area contributed by atoms with Gasteiger partial charge in [0.2, 0.25) is 5.91 Å². The molecule has 0 aliphatic carbocycles. The predicted molar refractivity (Wildman–Crippen MR) is 107 cm³/mol. The lowest BCUT2D eigenvalue weighted by molar-refractivity contribution is -0.121. The molecular weight excluding hydrogens is 346 g/mol. The second-order valence-corrected chi connectivity index (χ2v) is 8.37. The number of benzene rings is 2. The van der Waals surface area contributed by atoms with Crippen LogP contribution in [0, 0.1) is 6.92 Å². The summed E-state index contributed by atoms with van der Waals surface area (Å²) in [5.74, 6) is 0.131. The summed E-state index contributed by atoms with van der Waals surface area (Å²) < 4.78 is 0. The van der Waals surface area contributed by atoms with Gasteiger partial charge in [0.05, 0.1) is 11.0 Å². The molecule has 2 aliphatic rings. The van der Waals surface area contributed by atoms with Crippen molar-refractivity contribution in [3.05, 3.63) is 58.1 Å². The fourth-order valence-corrected chi connectivity index (χ4v) is 4.68. The maximum absolute atomic E-state index is 12.5. The molecule has 0 spiro atoms. The Balaban J connectivity index is 1.73. The van der Waals surface area contributed by atoms with Gasteiger partial charge < -0.3 is 15.5 Å². The highest BCUT2D eigenvalue weighted by Crippen LogP contribution is 2.43. The number of nitrogens with one attached hydrogen (secondary N) is 2. The normalized spacial score (nSPS) is 19.9. The summed E-state index contributed by atoms with van der Waals surface area (Å²) in [5, 5.41) is 7.85. The van der Waals surface area contributed by atoms with E-state index in [1.165, 1.54) is 5.56 Å². The van der Waals surface area contributed by atoms with E-state index in [2.05, 4.69) is 41.8 Å². The highest BCUT2D eigenvalue weighted by atomic mass is 35.5. The van der Waals surface area contributed by atoms with Crippen LogP contribution in [0.4, 0.5) is 11.4 Å². The number of nitrogens with zero attached hydrogens (tertiary/aromatic N) is 1. The third-order valence-corrected chi connectivity index (χ3v) is 6.12. The number of carbonyl (C=O) groups is 1. The van der Waals surface area contributed by atoms with Crippen molar-refractivity contribution < 1.29 is 4.79 Å². The first-order valence-corrected chi connectivity index (χ1v) is 9.31. The second-order valence-electron chi connectivity index (χ2n) is 7.96. The molecule has 136 valence electrons. The predicted octanol–water partition coefficient (Wildman–Crippen LogP) is 3.81. The van der Waals surface area contributed by atoms with Gasteiger partial charge in [-0.15, -0.1) is 0 Å². The van der Waals surface area contributed by atoms with Gasteiger partial charge in [-0.25, -0.2) is 0 Å². The molecule has 0 atom stereocenters. The number of rotatable bonds is 3. The molecule has 1 saturated heterocycles. The van der Waals surface area contributed by atoms with Crippen molar-refractivity contribution in [2.45, 2.75) is 31.7 Å². The fraction of sp³-hybridized carbons (Fsp3) is 0.381. The monoisotopic (exact) mass is 369 g/mol. The quantitative estimate of drug-likeness (QED) is 0.864. The molecule has 0 radical (unpaired) electrons. The summed E-state index contributed by atoms with van der Waals surface area (Å²) in [7, 11) is 1.85. The van der Waals surface area contributed by atoms with Gasteiger partial charge in [-0.2, -0.15) is 0 Å². The molecule has 2 aliphatic heterocycles. The Morgan fingerprint density at radius 3 is 2.54 bits per heavy atom. The molecule has 0 bridgehead atoms. The second kappa shape index (κ2) is 5.73. The maximum atomic E-state index is 12.5. The Labute approximate surface area is 159 Å². The molecule has 2 heterocycles. The molecular formula is C21H24ClN3O. The molecule has 2 N–H and O–H groups in total. The number of aryl methyl sites for hydroxylation is 1. The first kappa shape index (κ1) is 17.4. The Hall–Kier alpha value is -2.04. The summed E-state index contributed by atoms with van der Waals surface area (Å²) in [6.07, 6.45) is 0. The summed E-state index contributed by atoms with van der Waals surface area (Å²) in [5.41, 5.74) is 4.67. The van der Waals surface area contributed by atoms with Crippen molar-refractivity contribution in [1.29, 1.82) is 0 Å². The van der Waals surface area contributed by atoms with E-state index in [0.717, 1.165) is 40.6 Å². The van der Waals surface area contributed by atoms with Gasteiger partial charge in [0.1, 0.15) is 0 Å². The van der Waals surface area contributed by atoms with E-state index in [0.29, 0.717) is 0 Å². The summed E-state index contributed by atoms with van der Waals surface area (Å²) in [4.78, 5) is 14.3. The number of fused-ring (bicyclic) bond motifs is 1. The molecule has 0 aromatic heterocycles. The third-order valence-electron chi connectivity index (χ3n) is 5.81. The van der Waals surface area contributed by atoms with Crippen LogP contribution in [0.3, 0.4) is 0 Å². The van der Waals surface area contributed by atoms with Crippen LogP contribution in [0.1, 0.15) is 30.5 Å². The molecule has 0 unspecified atom stereocenters. The van der Waals surface area contributed by atoms with E-state index in [4.69, 9.17) is 11.6 Å². The number of hydrogen-bond donors (Lipinski definition) is 2. The van der Waals surface area contributed by atoms with Crippen LogP contribution < -0.4 is 15.5 Å². The molecule has 5 heteroatoms. The van der Waals surface area contributed by atoms with Crippen molar-refractivity contribution in [2.24, 2.45) is 0 Å². The molecule has 4 nitrogen and oxygen atoms in total. The molecule has 0 saturated carbocycles. The van der Waals surface area contributed by atoms with Crippen LogP contribution in [0.2, 0.25) is 5.02 Å². The number of hydrogen-bond acceptors (Lipinski definition) is 3. The number of carbonyl (C=O) groups excluding carboxylic acids is 1. The van der Waals surface area contributed by atoms with E-state index in [1.54, 1.807) is 4.90 Å². The van der Waals surface area contributed by atoms with Crippen LogP contribution in [0.25, 0.3) is 0 Å². The lowest BCUT2D eigenvalue weighted by Crippen LogP contribution is -2.62. The van der Waals surface area contributed by atoms with Gasteiger partial charge in [0, 0.05) is 42.1 Å². The Morgan fingerprint density at radius 2 is 1.92 bits per heavy atom. The van der Waals surface area contributed by atoms with E-state index < -0.39 is 5.41 Å². The number of amides is 1. The number of halogens is 1. The van der Waals surface area contributed by atoms with Crippen molar-refractivity contribution in [2.75, 3.05) is 30.4 Å². The molecule has 1 amide bonds. The van der Waals surface area contributed by atoms with Gasteiger partial charge in [-0.1, -0.05) is 29.8 Å². The van der Waals surface area contributed by atoms with Gasteiger partial charge in [0.15, 0.2) is 0 Å². The SMILES string of the molecule is Cc1cccc(Cl)c1C1(Nc2ccc3c(c2)N(C)C(=O)C3(C)C)CNC1. The van der Waals surface area contributed by atoms with E-state index in [-0.39, 0.29) is 11.4 Å².